The molecule has 0 saturated heterocycles. The van der Waals surface area contributed by atoms with E-state index in [0.29, 0.717) is 5.56 Å². The molecule has 0 bridgehead atoms. The molecular weight excluding hydrogens is 288 g/mol. The second-order valence-electron chi connectivity index (χ2n) is 4.87. The Morgan fingerprint density at radius 1 is 1.29 bits per heavy atom. The molecule has 112 valence electrons. The van der Waals surface area contributed by atoms with Gasteiger partial charge in [0.05, 0.1) is 11.5 Å². The molecule has 1 aromatic carbocycles. The van der Waals surface area contributed by atoms with Crippen LogP contribution in [0.4, 0.5) is 0 Å². The molecule has 0 spiro atoms. The summed E-state index contributed by atoms with van der Waals surface area (Å²) in [5.41, 5.74) is 2.30. The normalized spacial score (nSPS) is 11.8. The molecule has 2 aromatic rings. The number of rotatable bonds is 5. The molecule has 0 amide bonds. The number of pyridine rings is 1. The van der Waals surface area contributed by atoms with Crippen LogP contribution in [0.5, 0.6) is 0 Å². The fourth-order valence-electron chi connectivity index (χ4n) is 1.99. The zero-order valence-electron chi connectivity index (χ0n) is 12.0. The van der Waals surface area contributed by atoms with Crippen LogP contribution in [0.2, 0.25) is 0 Å². The van der Waals surface area contributed by atoms with Gasteiger partial charge >= 0.3 is 0 Å². The van der Waals surface area contributed by atoms with E-state index in [2.05, 4.69) is 4.98 Å². The molecule has 0 atom stereocenters. The minimum absolute atomic E-state index is 0.179. The molecule has 0 fully saturated rings. The first-order valence-corrected chi connectivity index (χ1v) is 7.95. The number of nitrogens with zero attached hydrogens (tertiary/aromatic N) is 2. The van der Waals surface area contributed by atoms with Crippen LogP contribution >= 0.6 is 0 Å². The van der Waals surface area contributed by atoms with E-state index in [1.807, 2.05) is 13.0 Å². The molecule has 2 rings (SSSR count). The monoisotopic (exact) mass is 306 g/mol. The topological polar surface area (TPSA) is 70.5 Å². The summed E-state index contributed by atoms with van der Waals surface area (Å²) in [6.07, 6.45) is 3.28. The number of aliphatic hydroxyl groups excluding tert-OH is 1. The molecule has 0 aliphatic rings. The van der Waals surface area contributed by atoms with Crippen LogP contribution in [0.25, 0.3) is 0 Å². The molecule has 1 heterocycles. The van der Waals surface area contributed by atoms with Gasteiger partial charge < -0.3 is 5.11 Å². The fraction of sp³-hybridized carbons (Fsp3) is 0.267. The SMILES string of the molecule is Cc1ccc(S(=O)(=O)N(C)Cc2cccnc2)cc1CO. The van der Waals surface area contributed by atoms with Gasteiger partial charge in [0.25, 0.3) is 0 Å². The number of hydrogen-bond acceptors (Lipinski definition) is 4. The van der Waals surface area contributed by atoms with Crippen LogP contribution in [-0.2, 0) is 23.2 Å². The second-order valence-corrected chi connectivity index (χ2v) is 6.91. The van der Waals surface area contributed by atoms with Gasteiger partial charge in [0.2, 0.25) is 10.0 Å². The van der Waals surface area contributed by atoms with Gasteiger partial charge in [-0.2, -0.15) is 4.31 Å². The fourth-order valence-corrected chi connectivity index (χ4v) is 3.20. The van der Waals surface area contributed by atoms with E-state index in [0.717, 1.165) is 11.1 Å². The standard InChI is InChI=1S/C15H18N2O3S/c1-12-5-6-15(8-14(12)11-18)21(19,20)17(2)10-13-4-3-7-16-9-13/h3-9,18H,10-11H2,1-2H3. The van der Waals surface area contributed by atoms with Crippen LogP contribution in [0.3, 0.4) is 0 Å². The van der Waals surface area contributed by atoms with Crippen molar-refractivity contribution in [2.45, 2.75) is 25.0 Å². The number of aromatic nitrogens is 1. The maximum absolute atomic E-state index is 12.5. The van der Waals surface area contributed by atoms with E-state index in [-0.39, 0.29) is 18.0 Å². The molecule has 0 aliphatic carbocycles. The van der Waals surface area contributed by atoms with E-state index < -0.39 is 10.0 Å². The van der Waals surface area contributed by atoms with Crippen LogP contribution in [0, 0.1) is 6.92 Å². The molecule has 6 heteroatoms. The predicted octanol–water partition coefficient (Wildman–Crippen LogP) is 1.70. The Balaban J connectivity index is 2.29. The predicted molar refractivity (Wildman–Crippen MR) is 80.0 cm³/mol. The smallest absolute Gasteiger partial charge is 0.243 e. The van der Waals surface area contributed by atoms with Gasteiger partial charge in [-0.15, -0.1) is 0 Å². The summed E-state index contributed by atoms with van der Waals surface area (Å²) < 4.78 is 26.4. The van der Waals surface area contributed by atoms with Crippen LogP contribution in [0.15, 0.2) is 47.6 Å². The Hall–Kier alpha value is -1.76. The summed E-state index contributed by atoms with van der Waals surface area (Å²) in [6.45, 7) is 1.90. The number of aliphatic hydroxyl groups is 1. The number of hydrogen-bond donors (Lipinski definition) is 1. The lowest BCUT2D eigenvalue weighted by atomic mass is 10.1. The Kier molecular flexibility index (Phi) is 4.72. The molecule has 0 unspecified atom stereocenters. The van der Waals surface area contributed by atoms with Gasteiger partial charge in [0.15, 0.2) is 0 Å². The van der Waals surface area contributed by atoms with Gasteiger partial charge in [-0.25, -0.2) is 8.42 Å². The average molecular weight is 306 g/mol. The summed E-state index contributed by atoms with van der Waals surface area (Å²) in [6, 6.07) is 8.38. The Morgan fingerprint density at radius 3 is 2.67 bits per heavy atom. The number of aryl methyl sites for hydroxylation is 1. The Bertz CT molecular complexity index is 715. The van der Waals surface area contributed by atoms with Crippen LogP contribution in [0.1, 0.15) is 16.7 Å². The van der Waals surface area contributed by atoms with Crippen molar-refractivity contribution in [2.75, 3.05) is 7.05 Å². The quantitative estimate of drug-likeness (QED) is 0.913. The number of benzene rings is 1. The van der Waals surface area contributed by atoms with E-state index >= 15 is 0 Å². The summed E-state index contributed by atoms with van der Waals surface area (Å²) in [7, 11) is -2.06. The van der Waals surface area contributed by atoms with Crippen molar-refractivity contribution in [1.29, 1.82) is 0 Å². The first-order chi connectivity index (χ1) is 9.95. The average Bonchev–Trinajstić information content (AvgIpc) is 2.48. The zero-order chi connectivity index (χ0) is 15.5. The molecule has 21 heavy (non-hydrogen) atoms. The van der Waals surface area contributed by atoms with Gasteiger partial charge in [0.1, 0.15) is 0 Å². The highest BCUT2D eigenvalue weighted by Gasteiger charge is 2.21. The Morgan fingerprint density at radius 2 is 2.05 bits per heavy atom. The van der Waals surface area contributed by atoms with Gasteiger partial charge in [-0.1, -0.05) is 12.1 Å². The molecule has 0 radical (unpaired) electrons. The first-order valence-electron chi connectivity index (χ1n) is 6.51. The van der Waals surface area contributed by atoms with Crippen molar-refractivity contribution in [3.63, 3.8) is 0 Å². The van der Waals surface area contributed by atoms with E-state index in [4.69, 9.17) is 0 Å². The first kappa shape index (κ1) is 15.6. The molecule has 0 aliphatic heterocycles. The summed E-state index contributed by atoms with van der Waals surface area (Å²) in [5, 5.41) is 9.27. The highest BCUT2D eigenvalue weighted by atomic mass is 32.2. The van der Waals surface area contributed by atoms with E-state index in [9.17, 15) is 13.5 Å². The Labute approximate surface area is 124 Å². The lowest BCUT2D eigenvalue weighted by molar-refractivity contribution is 0.280. The summed E-state index contributed by atoms with van der Waals surface area (Å²) >= 11 is 0. The van der Waals surface area contributed by atoms with E-state index in [1.54, 1.807) is 30.6 Å². The number of sulfonamides is 1. The lowest BCUT2D eigenvalue weighted by Crippen LogP contribution is -2.26. The van der Waals surface area contributed by atoms with Crippen molar-refractivity contribution in [3.8, 4) is 0 Å². The zero-order valence-corrected chi connectivity index (χ0v) is 12.8. The third-order valence-corrected chi connectivity index (χ3v) is 5.13. The third kappa shape index (κ3) is 3.47. The van der Waals surface area contributed by atoms with Crippen molar-refractivity contribution >= 4 is 10.0 Å². The second kappa shape index (κ2) is 6.34. The molecule has 0 saturated carbocycles. The van der Waals surface area contributed by atoms with E-state index in [1.165, 1.54) is 17.4 Å². The molecular formula is C15H18N2O3S. The van der Waals surface area contributed by atoms with Crippen molar-refractivity contribution in [1.82, 2.24) is 9.29 Å². The van der Waals surface area contributed by atoms with Crippen LogP contribution in [-0.4, -0.2) is 29.9 Å². The highest BCUT2D eigenvalue weighted by molar-refractivity contribution is 7.89. The summed E-state index contributed by atoms with van der Waals surface area (Å²) in [4.78, 5) is 4.16. The third-order valence-electron chi connectivity index (χ3n) is 3.33. The van der Waals surface area contributed by atoms with Crippen molar-refractivity contribution < 1.29 is 13.5 Å². The minimum atomic E-state index is -3.59. The maximum atomic E-state index is 12.5. The summed E-state index contributed by atoms with van der Waals surface area (Å²) in [5.74, 6) is 0. The molecule has 1 N–H and O–H groups in total. The minimum Gasteiger partial charge on any atom is -0.392 e. The molecule has 1 aromatic heterocycles. The highest BCUT2D eigenvalue weighted by Crippen LogP contribution is 2.20. The van der Waals surface area contributed by atoms with Crippen LogP contribution < -0.4 is 0 Å². The lowest BCUT2D eigenvalue weighted by Gasteiger charge is -2.18. The van der Waals surface area contributed by atoms with Crippen molar-refractivity contribution in [2.24, 2.45) is 0 Å². The van der Waals surface area contributed by atoms with Gasteiger partial charge in [-0.05, 0) is 41.8 Å². The van der Waals surface area contributed by atoms with Gasteiger partial charge in [0, 0.05) is 26.0 Å². The molecule has 5 nitrogen and oxygen atoms in total. The maximum Gasteiger partial charge on any atom is 0.243 e. The van der Waals surface area contributed by atoms with Gasteiger partial charge in [-0.3, -0.25) is 4.98 Å². The van der Waals surface area contributed by atoms with Crippen molar-refractivity contribution in [3.05, 3.63) is 59.4 Å². The largest absolute Gasteiger partial charge is 0.392 e.